The van der Waals surface area contributed by atoms with Crippen molar-refractivity contribution in [2.45, 2.75) is 38.9 Å². The number of anilines is 4. The zero-order valence-corrected chi connectivity index (χ0v) is 18.0. The first-order chi connectivity index (χ1) is 13.7. The Labute approximate surface area is 169 Å². The van der Waals surface area contributed by atoms with Crippen molar-refractivity contribution >= 4 is 31.1 Å². The summed E-state index contributed by atoms with van der Waals surface area (Å²) in [6.07, 6.45) is 0. The molecule has 0 bridgehead atoms. The molecular weight excluding hydrogens is 360 g/mol. The van der Waals surface area contributed by atoms with Crippen LogP contribution < -0.4 is 15.1 Å². The summed E-state index contributed by atoms with van der Waals surface area (Å²) in [6, 6.07) is 30.3. The van der Waals surface area contributed by atoms with E-state index in [2.05, 4.69) is 92.1 Å². The number of hydrogen-bond donors (Lipinski definition) is 2. The van der Waals surface area contributed by atoms with Crippen molar-refractivity contribution in [2.24, 2.45) is 0 Å². The predicted octanol–water partition coefficient (Wildman–Crippen LogP) is 7.56. The minimum absolute atomic E-state index is 0.991. The Kier molecular flexibility index (Phi) is 6.77. The first-order valence-corrected chi connectivity index (χ1v) is 12.7. The third kappa shape index (κ3) is 5.17. The molecule has 3 rings (SSSR count). The Morgan fingerprint density at radius 2 is 0.964 bits per heavy atom. The predicted molar refractivity (Wildman–Crippen MR) is 124 cm³/mol. The van der Waals surface area contributed by atoms with Gasteiger partial charge in [-0.25, -0.2) is 0 Å². The molecule has 2 N–H and O–H groups in total. The Hall–Kier alpha value is -2.72. The zero-order valence-electron chi connectivity index (χ0n) is 17.0. The number of rotatable bonds is 9. The molecule has 0 unspecified atom stereocenters. The lowest BCUT2D eigenvalue weighted by Gasteiger charge is -2.29. The van der Waals surface area contributed by atoms with E-state index in [1.807, 2.05) is 18.2 Å². The molecule has 0 aliphatic carbocycles. The van der Waals surface area contributed by atoms with Crippen LogP contribution in [0.25, 0.3) is 0 Å². The summed E-state index contributed by atoms with van der Waals surface area (Å²) >= 11 is 0. The molecule has 0 fully saturated rings. The molecule has 4 heteroatoms. The van der Waals surface area contributed by atoms with Crippen molar-refractivity contribution in [1.29, 1.82) is 0 Å². The van der Waals surface area contributed by atoms with Crippen molar-refractivity contribution < 1.29 is 4.43 Å². The van der Waals surface area contributed by atoms with Gasteiger partial charge in [-0.1, -0.05) is 39.0 Å². The normalized spacial score (nSPS) is 11.1. The summed E-state index contributed by atoms with van der Waals surface area (Å²) < 4.78 is 6.43. The smallest absolute Gasteiger partial charge is 0.250 e. The number of benzene rings is 3. The topological polar surface area (TPSA) is 33.3 Å². The van der Waals surface area contributed by atoms with Crippen LogP contribution in [0, 0.1) is 0 Å². The number of para-hydroxylation sites is 1. The van der Waals surface area contributed by atoms with Crippen molar-refractivity contribution in [3.05, 3.63) is 78.9 Å². The lowest BCUT2D eigenvalue weighted by atomic mass is 10.2. The fourth-order valence-corrected chi connectivity index (χ4v) is 5.88. The largest absolute Gasteiger partial charge is 0.544 e. The molecule has 0 heterocycles. The van der Waals surface area contributed by atoms with Crippen LogP contribution in [-0.2, 0) is 0 Å². The zero-order chi connectivity index (χ0) is 19.8. The van der Waals surface area contributed by atoms with Gasteiger partial charge in [-0.05, 0) is 78.8 Å². The van der Waals surface area contributed by atoms with Crippen LogP contribution in [-0.4, -0.2) is 8.32 Å². The first-order valence-electron chi connectivity index (χ1n) is 10.1. The fourth-order valence-electron chi connectivity index (χ4n) is 3.31. The second-order valence-electron chi connectivity index (χ2n) is 7.06. The molecule has 0 spiro atoms. The van der Waals surface area contributed by atoms with E-state index in [-0.39, 0.29) is 0 Å². The van der Waals surface area contributed by atoms with Crippen LogP contribution in [0.5, 0.6) is 5.75 Å². The summed E-state index contributed by atoms with van der Waals surface area (Å²) in [5, 5.41) is 6.86. The van der Waals surface area contributed by atoms with E-state index in [4.69, 9.17) is 4.43 Å². The van der Waals surface area contributed by atoms with Gasteiger partial charge in [0.25, 0.3) is 0 Å². The molecule has 0 aliphatic heterocycles. The lowest BCUT2D eigenvalue weighted by molar-refractivity contribution is 0.532. The highest BCUT2D eigenvalue weighted by Crippen LogP contribution is 2.27. The van der Waals surface area contributed by atoms with Crippen LogP contribution in [0.2, 0.25) is 18.1 Å². The van der Waals surface area contributed by atoms with Gasteiger partial charge in [0, 0.05) is 22.7 Å². The van der Waals surface area contributed by atoms with Gasteiger partial charge < -0.3 is 15.1 Å². The van der Waals surface area contributed by atoms with Crippen molar-refractivity contribution in [2.75, 3.05) is 10.6 Å². The van der Waals surface area contributed by atoms with E-state index < -0.39 is 8.32 Å². The van der Waals surface area contributed by atoms with Crippen LogP contribution in [0.3, 0.4) is 0 Å². The van der Waals surface area contributed by atoms with Gasteiger partial charge in [0.15, 0.2) is 0 Å². The minimum atomic E-state index is -1.62. The van der Waals surface area contributed by atoms with E-state index in [9.17, 15) is 0 Å². The molecule has 0 aliphatic rings. The summed E-state index contributed by atoms with van der Waals surface area (Å²) in [6.45, 7) is 6.77. The summed E-state index contributed by atoms with van der Waals surface area (Å²) in [4.78, 5) is 0. The Balaban J connectivity index is 1.61. The van der Waals surface area contributed by atoms with E-state index in [1.165, 1.54) is 0 Å². The Morgan fingerprint density at radius 1 is 0.571 bits per heavy atom. The van der Waals surface area contributed by atoms with Gasteiger partial charge in [-0.3, -0.25) is 0 Å². The molecule has 3 aromatic rings. The second-order valence-corrected chi connectivity index (χ2v) is 11.8. The molecule has 0 amide bonds. The van der Waals surface area contributed by atoms with E-state index in [1.54, 1.807) is 0 Å². The second kappa shape index (κ2) is 9.47. The molecule has 0 atom stereocenters. The maximum absolute atomic E-state index is 6.43. The van der Waals surface area contributed by atoms with Gasteiger partial charge >= 0.3 is 0 Å². The third-order valence-electron chi connectivity index (χ3n) is 5.36. The molecule has 0 radical (unpaired) electrons. The van der Waals surface area contributed by atoms with Crippen LogP contribution in [0.15, 0.2) is 78.9 Å². The molecule has 0 saturated carbocycles. The Morgan fingerprint density at radius 3 is 1.39 bits per heavy atom. The molecule has 146 valence electrons. The van der Waals surface area contributed by atoms with Gasteiger partial charge in [-0.15, -0.1) is 0 Å². The minimum Gasteiger partial charge on any atom is -0.544 e. The van der Waals surface area contributed by atoms with Crippen molar-refractivity contribution in [1.82, 2.24) is 0 Å². The fraction of sp³-hybridized carbons (Fsp3) is 0.250. The highest BCUT2D eigenvalue weighted by atomic mass is 28.4. The molecule has 3 aromatic carbocycles. The van der Waals surface area contributed by atoms with Crippen molar-refractivity contribution in [3.8, 4) is 5.75 Å². The number of hydrogen-bond acceptors (Lipinski definition) is 3. The summed E-state index contributed by atoms with van der Waals surface area (Å²) in [5.74, 6) is 0.991. The maximum atomic E-state index is 6.43. The lowest BCUT2D eigenvalue weighted by Crippen LogP contribution is -2.39. The third-order valence-corrected chi connectivity index (χ3v) is 9.89. The average molecular weight is 391 g/mol. The molecular formula is C24H30N2OSi. The maximum Gasteiger partial charge on any atom is 0.250 e. The average Bonchev–Trinajstić information content (AvgIpc) is 2.75. The summed E-state index contributed by atoms with van der Waals surface area (Å²) in [5.41, 5.74) is 4.28. The van der Waals surface area contributed by atoms with Gasteiger partial charge in [-0.2, -0.15) is 0 Å². The molecule has 3 nitrogen and oxygen atoms in total. The van der Waals surface area contributed by atoms with Gasteiger partial charge in [0.05, 0.1) is 0 Å². The molecule has 28 heavy (non-hydrogen) atoms. The van der Waals surface area contributed by atoms with E-state index >= 15 is 0 Å². The summed E-state index contributed by atoms with van der Waals surface area (Å²) in [7, 11) is -1.62. The van der Waals surface area contributed by atoms with Crippen molar-refractivity contribution in [3.63, 3.8) is 0 Å². The standard InChI is InChI=1S/C24H30N2OSi/c1-4-28(5-2,6-3)27-24-18-16-23(17-19-24)26-22-14-12-21(13-15-22)25-20-10-8-7-9-11-20/h7-19,25-26H,4-6H2,1-3H3. The Bertz CT molecular complexity index is 836. The van der Waals surface area contributed by atoms with Gasteiger partial charge in [0.1, 0.15) is 5.75 Å². The first kappa shape index (κ1) is 20.0. The van der Waals surface area contributed by atoms with Gasteiger partial charge in [0.2, 0.25) is 8.32 Å². The highest BCUT2D eigenvalue weighted by Gasteiger charge is 2.30. The van der Waals surface area contributed by atoms with E-state index in [0.717, 1.165) is 46.6 Å². The van der Waals surface area contributed by atoms with Crippen LogP contribution in [0.4, 0.5) is 22.7 Å². The SMILES string of the molecule is CC[Si](CC)(CC)Oc1ccc(Nc2ccc(Nc3ccccc3)cc2)cc1. The number of nitrogens with one attached hydrogen (secondary N) is 2. The monoisotopic (exact) mass is 390 g/mol. The van der Waals surface area contributed by atoms with Crippen LogP contribution >= 0.6 is 0 Å². The molecule has 0 aromatic heterocycles. The highest BCUT2D eigenvalue weighted by molar-refractivity contribution is 6.74. The quantitative estimate of drug-likeness (QED) is 0.370. The van der Waals surface area contributed by atoms with Crippen LogP contribution in [0.1, 0.15) is 20.8 Å². The molecule has 0 saturated heterocycles. The van der Waals surface area contributed by atoms with E-state index in [0.29, 0.717) is 0 Å².